The minimum atomic E-state index is 0.544. The zero-order chi connectivity index (χ0) is 15.1. The fraction of sp³-hybridized carbons (Fsp3) is 0.812. The third-order valence-corrected chi connectivity index (χ3v) is 4.49. The number of nitrogens with two attached hydrogens (primary N) is 1. The SMILES string of the molecule is CCC(CC)n1ccc(CN2CCCN(CCN)CC2)n1. The van der Waals surface area contributed by atoms with Crippen LogP contribution in [-0.2, 0) is 6.54 Å². The molecule has 0 spiro atoms. The van der Waals surface area contributed by atoms with Crippen LogP contribution in [0, 0.1) is 0 Å². The summed E-state index contributed by atoms with van der Waals surface area (Å²) in [5, 5.41) is 4.77. The van der Waals surface area contributed by atoms with E-state index in [1.54, 1.807) is 0 Å². The summed E-state index contributed by atoms with van der Waals surface area (Å²) in [6, 6.07) is 2.73. The Kier molecular flexibility index (Phi) is 6.67. The molecule has 0 amide bonds. The van der Waals surface area contributed by atoms with E-state index in [9.17, 15) is 0 Å². The minimum Gasteiger partial charge on any atom is -0.329 e. The maximum atomic E-state index is 5.66. The molecule has 0 radical (unpaired) electrons. The summed E-state index contributed by atoms with van der Waals surface area (Å²) >= 11 is 0. The Bertz CT molecular complexity index is 399. The molecule has 1 aromatic rings. The highest BCUT2D eigenvalue weighted by molar-refractivity contribution is 5.00. The lowest BCUT2D eigenvalue weighted by Gasteiger charge is -2.20. The van der Waals surface area contributed by atoms with E-state index in [0.717, 1.165) is 45.6 Å². The first-order valence-electron chi connectivity index (χ1n) is 8.45. The summed E-state index contributed by atoms with van der Waals surface area (Å²) in [7, 11) is 0. The molecular weight excluding hydrogens is 262 g/mol. The van der Waals surface area contributed by atoms with Gasteiger partial charge in [0.25, 0.3) is 0 Å². The molecule has 120 valence electrons. The number of rotatable bonds is 7. The van der Waals surface area contributed by atoms with Crippen molar-refractivity contribution in [2.45, 2.75) is 45.7 Å². The molecule has 1 aliphatic rings. The number of aromatic nitrogens is 2. The lowest BCUT2D eigenvalue weighted by molar-refractivity contribution is 0.251. The van der Waals surface area contributed by atoms with Crippen LogP contribution in [0.1, 0.15) is 44.8 Å². The minimum absolute atomic E-state index is 0.544. The quantitative estimate of drug-likeness (QED) is 0.831. The Labute approximate surface area is 129 Å². The number of nitrogens with zero attached hydrogens (tertiary/aromatic N) is 4. The van der Waals surface area contributed by atoms with Crippen molar-refractivity contribution in [1.82, 2.24) is 19.6 Å². The zero-order valence-corrected chi connectivity index (χ0v) is 13.7. The lowest BCUT2D eigenvalue weighted by Crippen LogP contribution is -2.33. The van der Waals surface area contributed by atoms with Crippen molar-refractivity contribution in [3.8, 4) is 0 Å². The van der Waals surface area contributed by atoms with Gasteiger partial charge in [-0.25, -0.2) is 0 Å². The molecule has 1 aromatic heterocycles. The number of hydrogen-bond acceptors (Lipinski definition) is 4. The summed E-state index contributed by atoms with van der Waals surface area (Å²) < 4.78 is 2.15. The molecule has 5 nitrogen and oxygen atoms in total. The van der Waals surface area contributed by atoms with Crippen LogP contribution in [0.25, 0.3) is 0 Å². The Balaban J connectivity index is 1.87. The second-order valence-electron chi connectivity index (χ2n) is 6.02. The second kappa shape index (κ2) is 8.51. The first kappa shape index (κ1) is 16.5. The van der Waals surface area contributed by atoms with Crippen LogP contribution in [-0.4, -0.2) is 58.8 Å². The highest BCUT2D eigenvalue weighted by atomic mass is 15.3. The highest BCUT2D eigenvalue weighted by Crippen LogP contribution is 2.15. The highest BCUT2D eigenvalue weighted by Gasteiger charge is 2.16. The van der Waals surface area contributed by atoms with E-state index in [2.05, 4.69) is 40.6 Å². The summed E-state index contributed by atoms with van der Waals surface area (Å²) in [5.74, 6) is 0. The molecule has 0 aliphatic carbocycles. The van der Waals surface area contributed by atoms with Crippen molar-refractivity contribution in [3.05, 3.63) is 18.0 Å². The van der Waals surface area contributed by atoms with Crippen LogP contribution in [0.3, 0.4) is 0 Å². The largest absolute Gasteiger partial charge is 0.329 e. The zero-order valence-electron chi connectivity index (χ0n) is 13.7. The fourth-order valence-corrected chi connectivity index (χ4v) is 3.15. The van der Waals surface area contributed by atoms with Gasteiger partial charge in [-0.05, 0) is 38.4 Å². The smallest absolute Gasteiger partial charge is 0.0764 e. The van der Waals surface area contributed by atoms with E-state index >= 15 is 0 Å². The molecule has 2 rings (SSSR count). The van der Waals surface area contributed by atoms with Gasteiger partial charge in [0.2, 0.25) is 0 Å². The molecule has 1 aliphatic heterocycles. The van der Waals surface area contributed by atoms with Gasteiger partial charge < -0.3 is 10.6 Å². The molecule has 0 bridgehead atoms. The predicted octanol–water partition coefficient (Wildman–Crippen LogP) is 1.71. The van der Waals surface area contributed by atoms with Crippen molar-refractivity contribution in [3.63, 3.8) is 0 Å². The van der Waals surface area contributed by atoms with Gasteiger partial charge in [0.15, 0.2) is 0 Å². The first-order valence-corrected chi connectivity index (χ1v) is 8.45. The standard InChI is InChI=1S/C16H31N5/c1-3-16(4-2)21-10-6-15(18-21)14-20-9-5-8-19(11-7-17)12-13-20/h6,10,16H,3-5,7-9,11-14,17H2,1-2H3. The van der Waals surface area contributed by atoms with E-state index in [4.69, 9.17) is 10.8 Å². The summed E-state index contributed by atoms with van der Waals surface area (Å²) in [6.07, 6.45) is 5.67. The molecule has 1 fully saturated rings. The molecule has 2 heterocycles. The Hall–Kier alpha value is -0.910. The van der Waals surface area contributed by atoms with E-state index in [-0.39, 0.29) is 0 Å². The maximum absolute atomic E-state index is 5.66. The van der Waals surface area contributed by atoms with Crippen molar-refractivity contribution < 1.29 is 0 Å². The summed E-state index contributed by atoms with van der Waals surface area (Å²) in [4.78, 5) is 5.00. The molecule has 0 unspecified atom stereocenters. The molecule has 0 atom stereocenters. The second-order valence-corrected chi connectivity index (χ2v) is 6.02. The molecule has 1 saturated heterocycles. The van der Waals surface area contributed by atoms with Crippen molar-refractivity contribution in [2.24, 2.45) is 5.73 Å². The van der Waals surface area contributed by atoms with Crippen molar-refractivity contribution >= 4 is 0 Å². The van der Waals surface area contributed by atoms with Crippen molar-refractivity contribution in [1.29, 1.82) is 0 Å². The summed E-state index contributed by atoms with van der Waals surface area (Å²) in [5.41, 5.74) is 6.86. The molecule has 5 heteroatoms. The van der Waals surface area contributed by atoms with Crippen LogP contribution in [0.15, 0.2) is 12.3 Å². The molecule has 0 aromatic carbocycles. The van der Waals surface area contributed by atoms with Gasteiger partial charge >= 0.3 is 0 Å². The van der Waals surface area contributed by atoms with Crippen LogP contribution in [0.2, 0.25) is 0 Å². The van der Waals surface area contributed by atoms with E-state index < -0.39 is 0 Å². The van der Waals surface area contributed by atoms with Crippen LogP contribution in [0.5, 0.6) is 0 Å². The maximum Gasteiger partial charge on any atom is 0.0764 e. The molecular formula is C16H31N5. The topological polar surface area (TPSA) is 50.3 Å². The fourth-order valence-electron chi connectivity index (χ4n) is 3.15. The van der Waals surface area contributed by atoms with Crippen LogP contribution in [0.4, 0.5) is 0 Å². The van der Waals surface area contributed by atoms with E-state index in [1.807, 2.05) is 0 Å². The third-order valence-electron chi connectivity index (χ3n) is 4.49. The average molecular weight is 293 g/mol. The molecule has 0 saturated carbocycles. The van der Waals surface area contributed by atoms with Gasteiger partial charge in [-0.3, -0.25) is 9.58 Å². The average Bonchev–Trinajstić information content (AvgIpc) is 2.82. The monoisotopic (exact) mass is 293 g/mol. The molecule has 21 heavy (non-hydrogen) atoms. The van der Waals surface area contributed by atoms with Gasteiger partial charge in [0.05, 0.1) is 11.7 Å². The summed E-state index contributed by atoms with van der Waals surface area (Å²) in [6.45, 7) is 11.8. The Morgan fingerprint density at radius 3 is 2.57 bits per heavy atom. The van der Waals surface area contributed by atoms with Gasteiger partial charge in [-0.2, -0.15) is 5.10 Å². The lowest BCUT2D eigenvalue weighted by atomic mass is 10.2. The third kappa shape index (κ3) is 4.80. The normalized spacial score (nSPS) is 18.3. The Morgan fingerprint density at radius 1 is 1.14 bits per heavy atom. The van der Waals surface area contributed by atoms with E-state index in [0.29, 0.717) is 6.04 Å². The van der Waals surface area contributed by atoms with Gasteiger partial charge in [-0.1, -0.05) is 13.8 Å². The molecule has 2 N–H and O–H groups in total. The van der Waals surface area contributed by atoms with Gasteiger partial charge in [-0.15, -0.1) is 0 Å². The van der Waals surface area contributed by atoms with Gasteiger partial charge in [0.1, 0.15) is 0 Å². The van der Waals surface area contributed by atoms with E-state index in [1.165, 1.54) is 25.2 Å². The number of hydrogen-bond donors (Lipinski definition) is 1. The van der Waals surface area contributed by atoms with Crippen molar-refractivity contribution in [2.75, 3.05) is 39.3 Å². The van der Waals surface area contributed by atoms with Gasteiger partial charge in [0, 0.05) is 38.9 Å². The van der Waals surface area contributed by atoms with Crippen LogP contribution < -0.4 is 5.73 Å². The first-order chi connectivity index (χ1) is 10.3. The predicted molar refractivity (Wildman–Crippen MR) is 87.2 cm³/mol. The Morgan fingerprint density at radius 2 is 1.86 bits per heavy atom. The van der Waals surface area contributed by atoms with Crippen LogP contribution >= 0.6 is 0 Å².